The van der Waals surface area contributed by atoms with Crippen molar-refractivity contribution >= 4 is 11.8 Å². The number of ether oxygens (including phenoxy) is 1. The molecular weight excluding hydrogens is 180 g/mol. The van der Waals surface area contributed by atoms with Crippen molar-refractivity contribution in [3.63, 3.8) is 0 Å². The van der Waals surface area contributed by atoms with Crippen molar-refractivity contribution < 1.29 is 9.53 Å². The van der Waals surface area contributed by atoms with Crippen molar-refractivity contribution in [1.82, 2.24) is 5.43 Å². The summed E-state index contributed by atoms with van der Waals surface area (Å²) < 4.78 is 4.67. The van der Waals surface area contributed by atoms with Gasteiger partial charge in [0.25, 0.3) is 0 Å². The second-order valence-corrected chi connectivity index (χ2v) is 2.84. The molecule has 0 aliphatic heterocycles. The van der Waals surface area contributed by atoms with Crippen LogP contribution in [-0.2, 0) is 4.74 Å². The van der Waals surface area contributed by atoms with E-state index in [1.807, 2.05) is 31.2 Å². The van der Waals surface area contributed by atoms with Gasteiger partial charge in [-0.1, -0.05) is 17.7 Å². The molecule has 1 amide bonds. The highest BCUT2D eigenvalue weighted by molar-refractivity contribution is 5.69. The number of aryl methyl sites for hydroxylation is 1. The Kier molecular flexibility index (Phi) is 3.79. The minimum atomic E-state index is -0.479. The molecule has 1 rings (SSSR count). The Morgan fingerprint density at radius 2 is 2.00 bits per heavy atom. The first-order valence-corrected chi connectivity index (χ1v) is 4.48. The molecule has 0 atom stereocenters. The van der Waals surface area contributed by atoms with Gasteiger partial charge in [-0.05, 0) is 26.0 Å². The molecule has 0 spiro atoms. The zero-order chi connectivity index (χ0) is 10.4. The van der Waals surface area contributed by atoms with Crippen molar-refractivity contribution in [3.8, 4) is 0 Å². The molecule has 0 fully saturated rings. The third-order valence-electron chi connectivity index (χ3n) is 1.64. The third-order valence-corrected chi connectivity index (χ3v) is 1.64. The number of hydrogen-bond donors (Lipinski definition) is 2. The lowest BCUT2D eigenvalue weighted by Gasteiger charge is -2.07. The molecule has 0 radical (unpaired) electrons. The van der Waals surface area contributed by atoms with E-state index in [1.54, 1.807) is 6.92 Å². The number of anilines is 1. The van der Waals surface area contributed by atoms with Crippen LogP contribution >= 0.6 is 0 Å². The Labute approximate surface area is 83.2 Å². The molecule has 1 aromatic rings. The average molecular weight is 194 g/mol. The van der Waals surface area contributed by atoms with E-state index >= 15 is 0 Å². The molecule has 0 aliphatic carbocycles. The Bertz CT molecular complexity index is 295. The van der Waals surface area contributed by atoms with E-state index in [9.17, 15) is 4.79 Å². The zero-order valence-electron chi connectivity index (χ0n) is 8.33. The van der Waals surface area contributed by atoms with Crippen LogP contribution < -0.4 is 10.9 Å². The highest BCUT2D eigenvalue weighted by Crippen LogP contribution is 2.06. The molecule has 0 unspecified atom stereocenters. The largest absolute Gasteiger partial charge is 0.449 e. The zero-order valence-corrected chi connectivity index (χ0v) is 8.33. The molecule has 0 aromatic heterocycles. The lowest BCUT2D eigenvalue weighted by Crippen LogP contribution is -2.29. The topological polar surface area (TPSA) is 50.4 Å². The molecule has 14 heavy (non-hydrogen) atoms. The number of hydrazine groups is 1. The molecule has 76 valence electrons. The number of carbonyl (C=O) groups excluding carboxylic acids is 1. The lowest BCUT2D eigenvalue weighted by molar-refractivity contribution is 0.154. The fraction of sp³-hybridized carbons (Fsp3) is 0.300. The maximum absolute atomic E-state index is 10.9. The first-order valence-electron chi connectivity index (χ1n) is 4.48. The van der Waals surface area contributed by atoms with E-state index in [2.05, 4.69) is 15.6 Å². The molecule has 4 nitrogen and oxygen atoms in total. The maximum Gasteiger partial charge on any atom is 0.425 e. The van der Waals surface area contributed by atoms with Crippen LogP contribution in [0.5, 0.6) is 0 Å². The van der Waals surface area contributed by atoms with Gasteiger partial charge in [-0.25, -0.2) is 10.2 Å². The number of nitrogens with one attached hydrogen (secondary N) is 2. The molecule has 0 saturated carbocycles. The minimum Gasteiger partial charge on any atom is -0.449 e. The predicted octanol–water partition coefficient (Wildman–Crippen LogP) is 2.07. The van der Waals surface area contributed by atoms with Crippen LogP contribution in [0.2, 0.25) is 0 Å². The summed E-state index contributed by atoms with van der Waals surface area (Å²) >= 11 is 0. The van der Waals surface area contributed by atoms with Crippen LogP contribution in [-0.4, -0.2) is 12.7 Å². The Hall–Kier alpha value is -1.71. The van der Waals surface area contributed by atoms with Crippen LogP contribution in [0.1, 0.15) is 12.5 Å². The summed E-state index contributed by atoms with van der Waals surface area (Å²) in [5.74, 6) is 0. The Morgan fingerprint density at radius 1 is 1.36 bits per heavy atom. The summed E-state index contributed by atoms with van der Waals surface area (Å²) in [5.41, 5.74) is 7.14. The smallest absolute Gasteiger partial charge is 0.425 e. The number of benzene rings is 1. The van der Waals surface area contributed by atoms with E-state index in [4.69, 9.17) is 0 Å². The normalized spacial score (nSPS) is 9.29. The van der Waals surface area contributed by atoms with Gasteiger partial charge in [-0.15, -0.1) is 0 Å². The van der Waals surface area contributed by atoms with Crippen molar-refractivity contribution in [3.05, 3.63) is 29.8 Å². The second kappa shape index (κ2) is 5.11. The van der Waals surface area contributed by atoms with Gasteiger partial charge in [0.2, 0.25) is 0 Å². The van der Waals surface area contributed by atoms with Gasteiger partial charge in [-0.3, -0.25) is 5.43 Å². The van der Waals surface area contributed by atoms with Gasteiger partial charge in [0.1, 0.15) is 0 Å². The van der Waals surface area contributed by atoms with Crippen molar-refractivity contribution in [2.24, 2.45) is 0 Å². The Balaban J connectivity index is 2.38. The molecular formula is C10H14N2O2. The summed E-state index contributed by atoms with van der Waals surface area (Å²) in [5, 5.41) is 0. The number of hydrogen-bond acceptors (Lipinski definition) is 3. The van der Waals surface area contributed by atoms with Gasteiger partial charge in [0.05, 0.1) is 12.3 Å². The molecule has 0 bridgehead atoms. The van der Waals surface area contributed by atoms with Gasteiger partial charge < -0.3 is 4.74 Å². The minimum absolute atomic E-state index is 0.363. The quantitative estimate of drug-likeness (QED) is 0.724. The summed E-state index contributed by atoms with van der Waals surface area (Å²) in [7, 11) is 0. The van der Waals surface area contributed by atoms with Crippen LogP contribution in [0.4, 0.5) is 10.5 Å². The van der Waals surface area contributed by atoms with E-state index in [0.717, 1.165) is 5.69 Å². The number of amides is 1. The van der Waals surface area contributed by atoms with Crippen LogP contribution in [0.25, 0.3) is 0 Å². The van der Waals surface area contributed by atoms with Crippen molar-refractivity contribution in [1.29, 1.82) is 0 Å². The van der Waals surface area contributed by atoms with Crippen LogP contribution in [0.15, 0.2) is 24.3 Å². The lowest BCUT2D eigenvalue weighted by atomic mass is 10.2. The highest BCUT2D eigenvalue weighted by atomic mass is 16.5. The molecule has 1 aromatic carbocycles. The number of carbonyl (C=O) groups is 1. The Morgan fingerprint density at radius 3 is 2.57 bits per heavy atom. The predicted molar refractivity (Wildman–Crippen MR) is 55.0 cm³/mol. The van der Waals surface area contributed by atoms with Gasteiger partial charge >= 0.3 is 6.09 Å². The monoisotopic (exact) mass is 194 g/mol. The van der Waals surface area contributed by atoms with E-state index < -0.39 is 6.09 Å². The standard InChI is InChI=1S/C10H14N2O2/c1-3-14-10(13)12-11-9-6-4-8(2)5-7-9/h4-7,11H,3H2,1-2H3,(H,12,13). The van der Waals surface area contributed by atoms with Crippen LogP contribution in [0.3, 0.4) is 0 Å². The van der Waals surface area contributed by atoms with Gasteiger partial charge in [0.15, 0.2) is 0 Å². The molecule has 4 heteroatoms. The van der Waals surface area contributed by atoms with E-state index in [-0.39, 0.29) is 0 Å². The SMILES string of the molecule is CCOC(=O)NNc1ccc(C)cc1. The third kappa shape index (κ3) is 3.35. The first-order chi connectivity index (χ1) is 6.72. The van der Waals surface area contributed by atoms with Crippen molar-refractivity contribution in [2.75, 3.05) is 12.0 Å². The fourth-order valence-corrected chi connectivity index (χ4v) is 0.927. The molecule has 0 saturated heterocycles. The van der Waals surface area contributed by atoms with Gasteiger partial charge in [0, 0.05) is 0 Å². The summed E-state index contributed by atoms with van der Waals surface area (Å²) in [6.07, 6.45) is -0.479. The molecule has 2 N–H and O–H groups in total. The van der Waals surface area contributed by atoms with Gasteiger partial charge in [-0.2, -0.15) is 0 Å². The summed E-state index contributed by atoms with van der Waals surface area (Å²) in [6.45, 7) is 4.12. The highest BCUT2D eigenvalue weighted by Gasteiger charge is 1.97. The summed E-state index contributed by atoms with van der Waals surface area (Å²) in [6, 6.07) is 7.66. The molecule has 0 aliphatic rings. The number of rotatable bonds is 3. The average Bonchev–Trinajstić information content (AvgIpc) is 2.17. The fourth-order valence-electron chi connectivity index (χ4n) is 0.927. The first kappa shape index (κ1) is 10.4. The van der Waals surface area contributed by atoms with E-state index in [0.29, 0.717) is 6.61 Å². The van der Waals surface area contributed by atoms with Crippen LogP contribution in [0, 0.1) is 6.92 Å². The maximum atomic E-state index is 10.9. The summed E-state index contributed by atoms with van der Waals surface area (Å²) in [4.78, 5) is 10.9. The van der Waals surface area contributed by atoms with E-state index in [1.165, 1.54) is 5.56 Å². The molecule has 0 heterocycles. The second-order valence-electron chi connectivity index (χ2n) is 2.84. The van der Waals surface area contributed by atoms with Crippen molar-refractivity contribution in [2.45, 2.75) is 13.8 Å².